The summed E-state index contributed by atoms with van der Waals surface area (Å²) in [5.74, 6) is -0.825. The highest BCUT2D eigenvalue weighted by Crippen LogP contribution is 2.45. The molecule has 0 amide bonds. The molecule has 4 heteroatoms. The number of fused-ring (bicyclic) bond motifs is 1. The molecule has 0 saturated heterocycles. The lowest BCUT2D eigenvalue weighted by Crippen LogP contribution is -2.35. The maximum absolute atomic E-state index is 9.87. The number of thiophene rings is 1. The molecule has 82 valence electrons. The van der Waals surface area contributed by atoms with Crippen LogP contribution in [0.3, 0.4) is 0 Å². The average Bonchev–Trinajstić information content (AvgIpc) is 2.69. The summed E-state index contributed by atoms with van der Waals surface area (Å²) in [6.45, 7) is 1.90. The van der Waals surface area contributed by atoms with Crippen LogP contribution in [0.15, 0.2) is 23.1 Å². The topological polar surface area (TPSA) is 38.7 Å². The quantitative estimate of drug-likeness (QED) is 0.620. The third kappa shape index (κ3) is 1.37. The summed E-state index contributed by atoms with van der Waals surface area (Å²) in [7, 11) is 3.22. The Balaban J connectivity index is 2.61. The summed E-state index contributed by atoms with van der Waals surface area (Å²) in [6, 6.07) is 1.94. The molecule has 15 heavy (non-hydrogen) atoms. The molecule has 3 nitrogen and oxygen atoms in total. The van der Waals surface area contributed by atoms with Crippen molar-refractivity contribution in [3.63, 3.8) is 0 Å². The lowest BCUT2D eigenvalue weighted by molar-refractivity contribution is -0.189. The molecule has 2 rings (SSSR count). The Morgan fingerprint density at radius 2 is 2.07 bits per heavy atom. The third-order valence-electron chi connectivity index (χ3n) is 2.82. The second-order valence-corrected chi connectivity index (χ2v) is 4.47. The Labute approximate surface area is 93.0 Å². The summed E-state index contributed by atoms with van der Waals surface area (Å²) in [6.07, 6.45) is 1.23. The molecule has 0 spiro atoms. The molecule has 1 aliphatic rings. The van der Waals surface area contributed by atoms with E-state index in [0.29, 0.717) is 0 Å². The van der Waals surface area contributed by atoms with Crippen LogP contribution < -0.4 is 0 Å². The summed E-state index contributed by atoms with van der Waals surface area (Å²) in [4.78, 5) is 0.893. The fourth-order valence-corrected chi connectivity index (χ4v) is 2.97. The first-order chi connectivity index (χ1) is 7.15. The van der Waals surface area contributed by atoms with Gasteiger partial charge in [-0.15, -0.1) is 11.3 Å². The molecule has 1 heterocycles. The molecule has 0 aromatic carbocycles. The second-order valence-electron chi connectivity index (χ2n) is 3.52. The fourth-order valence-electron chi connectivity index (χ4n) is 2.08. The Hall–Kier alpha value is -0.680. The van der Waals surface area contributed by atoms with Crippen molar-refractivity contribution in [2.75, 3.05) is 14.2 Å². The molecule has 0 saturated carbocycles. The minimum absolute atomic E-state index is 0.543. The van der Waals surface area contributed by atoms with Crippen molar-refractivity contribution >= 4 is 11.3 Å². The van der Waals surface area contributed by atoms with Gasteiger partial charge in [-0.2, -0.15) is 0 Å². The van der Waals surface area contributed by atoms with Gasteiger partial charge in [0.1, 0.15) is 6.10 Å². The van der Waals surface area contributed by atoms with E-state index in [1.165, 1.54) is 11.3 Å². The van der Waals surface area contributed by atoms with E-state index in [-0.39, 0.29) is 0 Å². The van der Waals surface area contributed by atoms with E-state index < -0.39 is 11.9 Å². The first kappa shape index (κ1) is 10.8. The highest BCUT2D eigenvalue weighted by atomic mass is 32.1. The van der Waals surface area contributed by atoms with Gasteiger partial charge >= 0.3 is 0 Å². The summed E-state index contributed by atoms with van der Waals surface area (Å²) in [5, 5.41) is 11.8. The molecular formula is C11H14O3S. The van der Waals surface area contributed by atoms with Gasteiger partial charge in [0.15, 0.2) is 0 Å². The molecule has 0 radical (unpaired) electrons. The lowest BCUT2D eigenvalue weighted by Gasteiger charge is -2.36. The largest absolute Gasteiger partial charge is 0.383 e. The van der Waals surface area contributed by atoms with Crippen LogP contribution in [-0.4, -0.2) is 19.3 Å². The lowest BCUT2D eigenvalue weighted by atomic mass is 9.90. The molecule has 0 bridgehead atoms. The van der Waals surface area contributed by atoms with E-state index in [0.717, 1.165) is 16.0 Å². The van der Waals surface area contributed by atoms with Gasteiger partial charge in [0.2, 0.25) is 5.79 Å². The zero-order chi connectivity index (χ0) is 11.1. The highest BCUT2D eigenvalue weighted by molar-refractivity contribution is 7.10. The second kappa shape index (κ2) is 3.72. The van der Waals surface area contributed by atoms with Gasteiger partial charge in [0, 0.05) is 24.7 Å². The Morgan fingerprint density at radius 1 is 1.40 bits per heavy atom. The zero-order valence-corrected chi connectivity index (χ0v) is 9.80. The van der Waals surface area contributed by atoms with Crippen LogP contribution in [0.25, 0.3) is 0 Å². The maximum Gasteiger partial charge on any atom is 0.218 e. The van der Waals surface area contributed by atoms with Crippen molar-refractivity contribution in [1.82, 2.24) is 0 Å². The number of ether oxygens (including phenoxy) is 2. The minimum Gasteiger partial charge on any atom is -0.383 e. The van der Waals surface area contributed by atoms with Gasteiger partial charge in [0.05, 0.1) is 0 Å². The molecule has 0 aliphatic heterocycles. The summed E-state index contributed by atoms with van der Waals surface area (Å²) < 4.78 is 11.0. The SMILES string of the molecule is COC1(OC)C(C)=CC(O)c2sccc21. The monoisotopic (exact) mass is 226 g/mol. The van der Waals surface area contributed by atoms with Crippen LogP contribution >= 0.6 is 11.3 Å². The van der Waals surface area contributed by atoms with Crippen LogP contribution in [0.1, 0.15) is 23.5 Å². The number of hydrogen-bond acceptors (Lipinski definition) is 4. The molecular weight excluding hydrogens is 212 g/mol. The first-order valence-corrected chi connectivity index (χ1v) is 5.59. The Kier molecular flexibility index (Phi) is 2.68. The van der Waals surface area contributed by atoms with Crippen molar-refractivity contribution in [1.29, 1.82) is 0 Å². The summed E-state index contributed by atoms with van der Waals surface area (Å²) in [5.41, 5.74) is 1.79. The van der Waals surface area contributed by atoms with Crippen molar-refractivity contribution in [3.8, 4) is 0 Å². The van der Waals surface area contributed by atoms with Crippen molar-refractivity contribution in [3.05, 3.63) is 33.5 Å². The number of rotatable bonds is 2. The molecule has 1 aromatic heterocycles. The van der Waals surface area contributed by atoms with Crippen LogP contribution in [-0.2, 0) is 15.3 Å². The average molecular weight is 226 g/mol. The van der Waals surface area contributed by atoms with Gasteiger partial charge in [-0.05, 0) is 30.0 Å². The van der Waals surface area contributed by atoms with E-state index >= 15 is 0 Å². The van der Waals surface area contributed by atoms with E-state index in [1.54, 1.807) is 20.3 Å². The smallest absolute Gasteiger partial charge is 0.218 e. The van der Waals surface area contributed by atoms with Crippen molar-refractivity contribution in [2.24, 2.45) is 0 Å². The van der Waals surface area contributed by atoms with Gasteiger partial charge in [0.25, 0.3) is 0 Å². The van der Waals surface area contributed by atoms with Gasteiger partial charge < -0.3 is 14.6 Å². The first-order valence-electron chi connectivity index (χ1n) is 4.71. The van der Waals surface area contributed by atoms with E-state index in [4.69, 9.17) is 9.47 Å². The third-order valence-corrected chi connectivity index (χ3v) is 3.81. The number of aliphatic hydroxyl groups excluding tert-OH is 1. The van der Waals surface area contributed by atoms with E-state index in [1.807, 2.05) is 18.4 Å². The van der Waals surface area contributed by atoms with Gasteiger partial charge in [-0.3, -0.25) is 0 Å². The van der Waals surface area contributed by atoms with E-state index in [2.05, 4.69) is 0 Å². The zero-order valence-electron chi connectivity index (χ0n) is 8.98. The van der Waals surface area contributed by atoms with Gasteiger partial charge in [-0.1, -0.05) is 0 Å². The van der Waals surface area contributed by atoms with Crippen LogP contribution in [0.2, 0.25) is 0 Å². The van der Waals surface area contributed by atoms with Crippen molar-refractivity contribution in [2.45, 2.75) is 18.8 Å². The van der Waals surface area contributed by atoms with Crippen LogP contribution in [0.4, 0.5) is 0 Å². The van der Waals surface area contributed by atoms with Crippen molar-refractivity contribution < 1.29 is 14.6 Å². The van der Waals surface area contributed by atoms with E-state index in [9.17, 15) is 5.11 Å². The fraction of sp³-hybridized carbons (Fsp3) is 0.455. The molecule has 0 fully saturated rings. The molecule has 1 aliphatic carbocycles. The van der Waals surface area contributed by atoms with Crippen LogP contribution in [0.5, 0.6) is 0 Å². The number of aliphatic hydroxyl groups is 1. The Bertz CT molecular complexity index is 390. The minimum atomic E-state index is -0.825. The predicted octanol–water partition coefficient (Wildman–Crippen LogP) is 2.19. The molecule has 1 unspecified atom stereocenters. The Morgan fingerprint density at radius 3 is 2.67 bits per heavy atom. The number of hydrogen-bond donors (Lipinski definition) is 1. The summed E-state index contributed by atoms with van der Waals surface area (Å²) >= 11 is 1.51. The predicted molar refractivity (Wildman–Crippen MR) is 58.7 cm³/mol. The number of methoxy groups -OCH3 is 2. The molecule has 1 aromatic rings. The molecule has 1 atom stereocenters. The van der Waals surface area contributed by atoms with Gasteiger partial charge in [-0.25, -0.2) is 0 Å². The maximum atomic E-state index is 9.87. The standard InChI is InChI=1S/C11H14O3S/c1-7-6-9(12)10-8(4-5-15-10)11(7,13-2)14-3/h4-6,9,12H,1-3H3. The highest BCUT2D eigenvalue weighted by Gasteiger charge is 2.41. The van der Waals surface area contributed by atoms with Crippen LogP contribution in [0, 0.1) is 0 Å². The normalized spacial score (nSPS) is 23.5. The molecule has 1 N–H and O–H groups in total.